The van der Waals surface area contributed by atoms with Gasteiger partial charge in [0, 0.05) is 17.7 Å². The maximum atomic E-state index is 11.7. The number of hydrogen-bond acceptors (Lipinski definition) is 3. The smallest absolute Gasteiger partial charge is 0.319 e. The zero-order valence-electron chi connectivity index (χ0n) is 10.4. The third-order valence-corrected chi connectivity index (χ3v) is 2.58. The molecular formula is C12H17ClN2O3. The third kappa shape index (κ3) is 4.43. The second-order valence-corrected chi connectivity index (χ2v) is 4.29. The molecule has 0 aliphatic heterocycles. The predicted molar refractivity (Wildman–Crippen MR) is 71.3 cm³/mol. The van der Waals surface area contributed by atoms with E-state index in [9.17, 15) is 4.79 Å². The molecule has 0 heterocycles. The Morgan fingerprint density at radius 1 is 1.56 bits per heavy atom. The summed E-state index contributed by atoms with van der Waals surface area (Å²) < 4.78 is 5.11. The molecule has 1 rings (SSSR count). The number of aliphatic hydroxyl groups excluding tert-OH is 1. The Morgan fingerprint density at radius 2 is 2.28 bits per heavy atom. The molecule has 1 aromatic rings. The largest absolute Gasteiger partial charge is 0.495 e. The summed E-state index contributed by atoms with van der Waals surface area (Å²) in [4.78, 5) is 11.7. The van der Waals surface area contributed by atoms with Crippen molar-refractivity contribution in [3.05, 3.63) is 23.2 Å². The number of carbonyl (C=O) groups excluding carboxylic acids is 1. The van der Waals surface area contributed by atoms with Crippen LogP contribution < -0.4 is 15.4 Å². The van der Waals surface area contributed by atoms with Crippen LogP contribution in [0.4, 0.5) is 10.5 Å². The van der Waals surface area contributed by atoms with E-state index in [0.717, 1.165) is 0 Å². The van der Waals surface area contributed by atoms with Crippen LogP contribution in [0.2, 0.25) is 5.02 Å². The number of carbonyl (C=O) groups is 1. The molecule has 0 aliphatic carbocycles. The lowest BCUT2D eigenvalue weighted by Gasteiger charge is -2.15. The van der Waals surface area contributed by atoms with Gasteiger partial charge in [0.1, 0.15) is 5.75 Å². The lowest BCUT2D eigenvalue weighted by atomic mass is 10.2. The second kappa shape index (κ2) is 7.08. The molecule has 0 spiro atoms. The van der Waals surface area contributed by atoms with E-state index < -0.39 is 0 Å². The van der Waals surface area contributed by atoms with Gasteiger partial charge in [-0.25, -0.2) is 4.79 Å². The molecule has 1 aromatic carbocycles. The molecule has 18 heavy (non-hydrogen) atoms. The van der Waals surface area contributed by atoms with Crippen molar-refractivity contribution in [2.75, 3.05) is 19.0 Å². The summed E-state index contributed by atoms with van der Waals surface area (Å²) in [5.41, 5.74) is 0.499. The van der Waals surface area contributed by atoms with Gasteiger partial charge in [0.2, 0.25) is 0 Å². The summed E-state index contributed by atoms with van der Waals surface area (Å²) in [7, 11) is 1.51. The molecule has 0 bridgehead atoms. The van der Waals surface area contributed by atoms with Gasteiger partial charge in [-0.15, -0.1) is 0 Å². The van der Waals surface area contributed by atoms with Crippen molar-refractivity contribution in [3.63, 3.8) is 0 Å². The number of rotatable bonds is 5. The molecule has 100 valence electrons. The number of nitrogens with one attached hydrogen (secondary N) is 2. The van der Waals surface area contributed by atoms with Gasteiger partial charge < -0.3 is 20.5 Å². The Hall–Kier alpha value is -1.46. The van der Waals surface area contributed by atoms with Crippen LogP contribution in [0.1, 0.15) is 13.3 Å². The molecule has 6 heteroatoms. The predicted octanol–water partition coefficient (Wildman–Crippen LogP) is 2.24. The number of ether oxygens (including phenoxy) is 1. The molecule has 0 saturated heterocycles. The Labute approximate surface area is 111 Å². The summed E-state index contributed by atoms with van der Waals surface area (Å²) in [6, 6.07) is 4.49. The van der Waals surface area contributed by atoms with E-state index in [-0.39, 0.29) is 18.7 Å². The summed E-state index contributed by atoms with van der Waals surface area (Å²) in [6.07, 6.45) is 0.500. The lowest BCUT2D eigenvalue weighted by molar-refractivity contribution is 0.241. The SMILES string of the molecule is COc1ccc(Cl)cc1NC(=O)N[C@H](C)CCO. The third-order valence-electron chi connectivity index (χ3n) is 2.35. The van der Waals surface area contributed by atoms with Crippen LogP contribution >= 0.6 is 11.6 Å². The van der Waals surface area contributed by atoms with Crippen LogP contribution in [0.15, 0.2) is 18.2 Å². The molecule has 5 nitrogen and oxygen atoms in total. The first-order chi connectivity index (χ1) is 8.56. The molecule has 0 aliphatic rings. The van der Waals surface area contributed by atoms with Crippen molar-refractivity contribution in [2.24, 2.45) is 0 Å². The molecule has 0 aromatic heterocycles. The van der Waals surface area contributed by atoms with E-state index >= 15 is 0 Å². The first-order valence-corrected chi connectivity index (χ1v) is 5.96. The Kier molecular flexibility index (Phi) is 5.74. The topological polar surface area (TPSA) is 70.6 Å². The fourth-order valence-corrected chi connectivity index (χ4v) is 1.60. The van der Waals surface area contributed by atoms with E-state index in [0.29, 0.717) is 22.9 Å². The number of halogens is 1. The van der Waals surface area contributed by atoms with Crippen LogP contribution in [0.5, 0.6) is 5.75 Å². The van der Waals surface area contributed by atoms with Gasteiger partial charge in [0.25, 0.3) is 0 Å². The summed E-state index contributed by atoms with van der Waals surface area (Å²) in [6.45, 7) is 1.84. The number of amides is 2. The minimum atomic E-state index is -0.364. The van der Waals surface area contributed by atoms with E-state index in [4.69, 9.17) is 21.4 Å². The number of methoxy groups -OCH3 is 1. The van der Waals surface area contributed by atoms with Gasteiger partial charge in [-0.1, -0.05) is 11.6 Å². The van der Waals surface area contributed by atoms with E-state index in [1.54, 1.807) is 18.2 Å². The summed E-state index contributed by atoms with van der Waals surface area (Å²) in [5.74, 6) is 0.532. The molecular weight excluding hydrogens is 256 g/mol. The van der Waals surface area contributed by atoms with Crippen molar-refractivity contribution >= 4 is 23.3 Å². The minimum Gasteiger partial charge on any atom is -0.495 e. The maximum Gasteiger partial charge on any atom is 0.319 e. The number of anilines is 1. The van der Waals surface area contributed by atoms with Gasteiger partial charge >= 0.3 is 6.03 Å². The van der Waals surface area contributed by atoms with Crippen molar-refractivity contribution in [1.82, 2.24) is 5.32 Å². The number of urea groups is 1. The number of aliphatic hydroxyl groups is 1. The fraction of sp³-hybridized carbons (Fsp3) is 0.417. The Bertz CT molecular complexity index is 412. The quantitative estimate of drug-likeness (QED) is 0.770. The number of hydrogen-bond donors (Lipinski definition) is 3. The monoisotopic (exact) mass is 272 g/mol. The van der Waals surface area contributed by atoms with Crippen molar-refractivity contribution in [2.45, 2.75) is 19.4 Å². The summed E-state index contributed by atoms with van der Waals surface area (Å²) >= 11 is 5.85. The second-order valence-electron chi connectivity index (χ2n) is 3.86. The highest BCUT2D eigenvalue weighted by Gasteiger charge is 2.10. The first-order valence-electron chi connectivity index (χ1n) is 5.58. The van der Waals surface area contributed by atoms with E-state index in [1.165, 1.54) is 7.11 Å². The van der Waals surface area contributed by atoms with Gasteiger partial charge in [-0.3, -0.25) is 0 Å². The molecule has 1 atom stereocenters. The van der Waals surface area contributed by atoms with E-state index in [1.807, 2.05) is 6.92 Å². The van der Waals surface area contributed by atoms with Crippen molar-refractivity contribution < 1.29 is 14.6 Å². The maximum absolute atomic E-state index is 11.7. The van der Waals surface area contributed by atoms with Crippen LogP contribution in [0.3, 0.4) is 0 Å². The fourth-order valence-electron chi connectivity index (χ4n) is 1.43. The molecule has 0 radical (unpaired) electrons. The lowest BCUT2D eigenvalue weighted by Crippen LogP contribution is -2.36. The standard InChI is InChI=1S/C12H17ClN2O3/c1-8(5-6-16)14-12(17)15-10-7-9(13)3-4-11(10)18-2/h3-4,7-8,16H,5-6H2,1-2H3,(H2,14,15,17)/t8-/m1/s1. The van der Waals surface area contributed by atoms with Crippen LogP contribution in [-0.4, -0.2) is 30.9 Å². The highest BCUT2D eigenvalue weighted by Crippen LogP contribution is 2.27. The zero-order chi connectivity index (χ0) is 13.5. The van der Waals surface area contributed by atoms with Crippen LogP contribution in [-0.2, 0) is 0 Å². The van der Waals surface area contributed by atoms with Gasteiger partial charge in [0.05, 0.1) is 12.8 Å². The van der Waals surface area contributed by atoms with Gasteiger partial charge in [-0.05, 0) is 31.5 Å². The zero-order valence-corrected chi connectivity index (χ0v) is 11.1. The Balaban J connectivity index is 2.66. The average molecular weight is 273 g/mol. The molecule has 0 saturated carbocycles. The molecule has 0 fully saturated rings. The van der Waals surface area contributed by atoms with Crippen LogP contribution in [0.25, 0.3) is 0 Å². The number of benzene rings is 1. The summed E-state index contributed by atoms with van der Waals surface area (Å²) in [5, 5.41) is 14.6. The molecule has 2 amide bonds. The van der Waals surface area contributed by atoms with E-state index in [2.05, 4.69) is 10.6 Å². The molecule has 0 unspecified atom stereocenters. The van der Waals surface area contributed by atoms with Crippen LogP contribution in [0, 0.1) is 0 Å². The van der Waals surface area contributed by atoms with Gasteiger partial charge in [-0.2, -0.15) is 0 Å². The highest BCUT2D eigenvalue weighted by molar-refractivity contribution is 6.31. The minimum absolute atomic E-state index is 0.0297. The van der Waals surface area contributed by atoms with Gasteiger partial charge in [0.15, 0.2) is 0 Å². The highest BCUT2D eigenvalue weighted by atomic mass is 35.5. The molecule has 3 N–H and O–H groups in total. The first kappa shape index (κ1) is 14.6. The average Bonchev–Trinajstić information content (AvgIpc) is 2.29. The normalized spacial score (nSPS) is 11.8. The van der Waals surface area contributed by atoms with Crippen molar-refractivity contribution in [3.8, 4) is 5.75 Å². The van der Waals surface area contributed by atoms with Crippen molar-refractivity contribution in [1.29, 1.82) is 0 Å². The Morgan fingerprint density at radius 3 is 2.89 bits per heavy atom.